The van der Waals surface area contributed by atoms with Crippen molar-refractivity contribution in [1.29, 1.82) is 0 Å². The van der Waals surface area contributed by atoms with Crippen LogP contribution in [0, 0.1) is 6.92 Å². The first-order valence-electron chi connectivity index (χ1n) is 6.75. The first-order valence-corrected chi connectivity index (χ1v) is 6.75. The van der Waals surface area contributed by atoms with Crippen molar-refractivity contribution in [3.63, 3.8) is 0 Å². The molecule has 0 amide bonds. The number of rotatable bonds is 4. The maximum Gasteiger partial charge on any atom is 0.433 e. The molecule has 2 N–H and O–H groups in total. The molecule has 0 spiro atoms. The van der Waals surface area contributed by atoms with Crippen molar-refractivity contribution in [2.45, 2.75) is 32.6 Å². The van der Waals surface area contributed by atoms with E-state index < -0.39 is 23.6 Å². The van der Waals surface area contributed by atoms with Crippen LogP contribution in [-0.4, -0.2) is 18.1 Å². The smallest absolute Gasteiger partial charge is 0.399 e. The highest BCUT2D eigenvalue weighted by Crippen LogP contribution is 2.32. The maximum absolute atomic E-state index is 12.9. The molecule has 132 valence electrons. The fraction of sp³-hybridized carbons (Fsp3) is 0.312. The van der Waals surface area contributed by atoms with Gasteiger partial charge >= 0.3 is 12.4 Å². The molecule has 0 saturated heterocycles. The van der Waals surface area contributed by atoms with Crippen molar-refractivity contribution in [2.24, 2.45) is 4.99 Å². The average Bonchev–Trinajstić information content (AvgIpc) is 2.40. The maximum atomic E-state index is 12.9. The fourth-order valence-electron chi connectivity index (χ4n) is 1.81. The topological polar surface area (TPSA) is 38.4 Å². The molecule has 0 radical (unpaired) electrons. The number of halogens is 6. The number of aryl methyl sites for hydroxylation is 1. The van der Waals surface area contributed by atoms with Crippen molar-refractivity contribution >= 4 is 11.4 Å². The van der Waals surface area contributed by atoms with Crippen LogP contribution in [0.25, 0.3) is 0 Å². The van der Waals surface area contributed by atoms with Gasteiger partial charge in [0, 0.05) is 17.8 Å². The van der Waals surface area contributed by atoms with Crippen LogP contribution in [0.4, 0.5) is 32.0 Å². The van der Waals surface area contributed by atoms with Crippen molar-refractivity contribution in [3.05, 3.63) is 53.3 Å². The highest BCUT2D eigenvalue weighted by atomic mass is 19.4. The molecule has 0 unspecified atom stereocenters. The van der Waals surface area contributed by atoms with Gasteiger partial charge in [0.15, 0.2) is 0 Å². The highest BCUT2D eigenvalue weighted by molar-refractivity contribution is 5.85. The summed E-state index contributed by atoms with van der Waals surface area (Å²) < 4.78 is 75.8. The zero-order chi connectivity index (χ0) is 18.7. The standard InChI is InChI=1S/C16H16F6N2/c1-9-6-12(4-5-13(9)23)8-11(3)24-14(16(20,21)22)7-10(2)15(17,18)19/h4-7H,2,8,23H2,1,3H3/b14-7-,24-11?. The lowest BCUT2D eigenvalue weighted by atomic mass is 10.1. The van der Waals surface area contributed by atoms with Gasteiger partial charge < -0.3 is 5.73 Å². The highest BCUT2D eigenvalue weighted by Gasteiger charge is 2.37. The van der Waals surface area contributed by atoms with Crippen molar-refractivity contribution in [2.75, 3.05) is 5.73 Å². The summed E-state index contributed by atoms with van der Waals surface area (Å²) in [5.41, 5.74) is 4.33. The Bertz CT molecular complexity index is 681. The first-order chi connectivity index (χ1) is 10.8. The second-order valence-electron chi connectivity index (χ2n) is 5.27. The predicted molar refractivity (Wildman–Crippen MR) is 81.7 cm³/mol. The number of nitrogen functional groups attached to an aromatic ring is 1. The van der Waals surface area contributed by atoms with E-state index in [0.29, 0.717) is 11.3 Å². The molecule has 1 rings (SSSR count). The van der Waals surface area contributed by atoms with E-state index in [1.165, 1.54) is 6.92 Å². The van der Waals surface area contributed by atoms with Crippen LogP contribution in [-0.2, 0) is 6.42 Å². The summed E-state index contributed by atoms with van der Waals surface area (Å²) in [6.45, 7) is 5.65. The van der Waals surface area contributed by atoms with Crippen LogP contribution in [0.5, 0.6) is 0 Å². The largest absolute Gasteiger partial charge is 0.433 e. The number of hydrogen-bond acceptors (Lipinski definition) is 2. The summed E-state index contributed by atoms with van der Waals surface area (Å²) in [5.74, 6) is 0. The first kappa shape index (κ1) is 19.8. The lowest BCUT2D eigenvalue weighted by Gasteiger charge is -2.12. The van der Waals surface area contributed by atoms with Crippen LogP contribution < -0.4 is 5.73 Å². The molecule has 0 aliphatic rings. The Hall–Kier alpha value is -2.25. The van der Waals surface area contributed by atoms with Crippen LogP contribution >= 0.6 is 0 Å². The second-order valence-corrected chi connectivity index (χ2v) is 5.27. The monoisotopic (exact) mass is 350 g/mol. The number of allylic oxidation sites excluding steroid dienone is 3. The van der Waals surface area contributed by atoms with E-state index in [1.807, 2.05) is 0 Å². The SMILES string of the molecule is C=C(/C=C(\N=C(C)Cc1ccc(N)c(C)c1)C(F)(F)F)C(F)(F)F. The number of nitrogens with zero attached hydrogens (tertiary/aromatic N) is 1. The molecule has 0 atom stereocenters. The van der Waals surface area contributed by atoms with Crippen LogP contribution in [0.1, 0.15) is 18.1 Å². The van der Waals surface area contributed by atoms with Gasteiger partial charge in [-0.3, -0.25) is 4.99 Å². The fourth-order valence-corrected chi connectivity index (χ4v) is 1.81. The summed E-state index contributed by atoms with van der Waals surface area (Å²) in [4.78, 5) is 3.31. The Kier molecular flexibility index (Phi) is 5.86. The van der Waals surface area contributed by atoms with Crippen LogP contribution in [0.3, 0.4) is 0 Å². The molecule has 24 heavy (non-hydrogen) atoms. The molecule has 0 aromatic heterocycles. The minimum Gasteiger partial charge on any atom is -0.399 e. The lowest BCUT2D eigenvalue weighted by Crippen LogP contribution is -2.16. The van der Waals surface area contributed by atoms with Gasteiger partial charge in [0.05, 0.1) is 5.57 Å². The van der Waals surface area contributed by atoms with Crippen LogP contribution in [0.15, 0.2) is 47.1 Å². The Morgan fingerprint density at radius 1 is 1.17 bits per heavy atom. The molecule has 2 nitrogen and oxygen atoms in total. The van der Waals surface area contributed by atoms with E-state index in [2.05, 4.69) is 11.6 Å². The van der Waals surface area contributed by atoms with Crippen molar-refractivity contribution in [3.8, 4) is 0 Å². The number of alkyl halides is 6. The van der Waals surface area contributed by atoms with Gasteiger partial charge in [-0.1, -0.05) is 18.7 Å². The van der Waals surface area contributed by atoms with Gasteiger partial charge in [-0.05, 0) is 37.1 Å². The van der Waals surface area contributed by atoms with Gasteiger partial charge in [-0.25, -0.2) is 0 Å². The quantitative estimate of drug-likeness (QED) is 0.347. The van der Waals surface area contributed by atoms with E-state index in [4.69, 9.17) is 5.73 Å². The third-order valence-electron chi connectivity index (χ3n) is 3.07. The third kappa shape index (κ3) is 5.75. The predicted octanol–water partition coefficient (Wildman–Crippen LogP) is 5.15. The molecule has 0 fully saturated rings. The number of anilines is 1. The number of aliphatic imine (C=N–C) groups is 1. The summed E-state index contributed by atoms with van der Waals surface area (Å²) in [5, 5.41) is 0. The summed E-state index contributed by atoms with van der Waals surface area (Å²) in [6, 6.07) is 4.90. The number of nitrogens with two attached hydrogens (primary N) is 1. The van der Waals surface area contributed by atoms with E-state index in [1.54, 1.807) is 25.1 Å². The molecule has 0 bridgehead atoms. The third-order valence-corrected chi connectivity index (χ3v) is 3.07. The molecule has 8 heteroatoms. The molecular formula is C16H16F6N2. The number of hydrogen-bond donors (Lipinski definition) is 1. The molecule has 0 heterocycles. The van der Waals surface area contributed by atoms with E-state index in [9.17, 15) is 26.3 Å². The molecule has 0 aliphatic carbocycles. The summed E-state index contributed by atoms with van der Waals surface area (Å²) in [7, 11) is 0. The minimum atomic E-state index is -5.02. The van der Waals surface area contributed by atoms with Crippen molar-refractivity contribution < 1.29 is 26.3 Å². The lowest BCUT2D eigenvalue weighted by molar-refractivity contribution is -0.0959. The summed E-state index contributed by atoms with van der Waals surface area (Å²) in [6.07, 6.45) is -10.0. The van der Waals surface area contributed by atoms with Gasteiger partial charge in [-0.2, -0.15) is 26.3 Å². The van der Waals surface area contributed by atoms with E-state index >= 15 is 0 Å². The average molecular weight is 350 g/mol. The molecule has 1 aromatic carbocycles. The zero-order valence-electron chi connectivity index (χ0n) is 13.0. The molecule has 1 aromatic rings. The van der Waals surface area contributed by atoms with Crippen LogP contribution in [0.2, 0.25) is 0 Å². The van der Waals surface area contributed by atoms with E-state index in [0.717, 1.165) is 5.56 Å². The van der Waals surface area contributed by atoms with Crippen molar-refractivity contribution in [1.82, 2.24) is 0 Å². The molecule has 0 saturated carbocycles. The van der Waals surface area contributed by atoms with Gasteiger partial charge in [0.25, 0.3) is 0 Å². The zero-order valence-corrected chi connectivity index (χ0v) is 13.0. The van der Waals surface area contributed by atoms with E-state index in [-0.39, 0.29) is 18.2 Å². The molecule has 0 aliphatic heterocycles. The van der Waals surface area contributed by atoms with Gasteiger partial charge in [0.1, 0.15) is 5.70 Å². The second kappa shape index (κ2) is 7.11. The Morgan fingerprint density at radius 2 is 1.75 bits per heavy atom. The normalized spacial score (nSPS) is 14.0. The number of benzene rings is 1. The van der Waals surface area contributed by atoms with Gasteiger partial charge in [0.2, 0.25) is 0 Å². The Labute approximate surface area is 135 Å². The summed E-state index contributed by atoms with van der Waals surface area (Å²) >= 11 is 0. The Balaban J connectivity index is 3.12. The molecular weight excluding hydrogens is 334 g/mol. The Morgan fingerprint density at radius 3 is 2.21 bits per heavy atom. The van der Waals surface area contributed by atoms with Gasteiger partial charge in [-0.15, -0.1) is 0 Å². The minimum absolute atomic E-state index is 0.0118.